The Hall–Kier alpha value is -1.51. The molecule has 1 aromatic carbocycles. The smallest absolute Gasteiger partial charge is 0.318 e. The third-order valence-corrected chi connectivity index (χ3v) is 3.12. The number of nitrogens with one attached hydrogen (secondary N) is 1. The average Bonchev–Trinajstić information content (AvgIpc) is 2.95. The van der Waals surface area contributed by atoms with Crippen LogP contribution in [0.4, 0.5) is 10.5 Å². The lowest BCUT2D eigenvalue weighted by atomic mass is 9.87. The number of anilines is 1. The van der Waals surface area contributed by atoms with E-state index in [9.17, 15) is 4.79 Å². The zero-order valence-electron chi connectivity index (χ0n) is 10.9. The van der Waals surface area contributed by atoms with Crippen molar-refractivity contribution in [1.29, 1.82) is 0 Å². The molecule has 1 heterocycles. The molecule has 0 spiro atoms. The molecule has 92 valence electrons. The molecule has 1 fully saturated rings. The average molecular weight is 232 g/mol. The van der Waals surface area contributed by atoms with Crippen LogP contribution in [0, 0.1) is 0 Å². The van der Waals surface area contributed by atoms with Crippen molar-refractivity contribution in [2.45, 2.75) is 39.2 Å². The first-order chi connectivity index (χ1) is 7.88. The molecule has 1 unspecified atom stereocenters. The van der Waals surface area contributed by atoms with Gasteiger partial charge in [-0.2, -0.15) is 0 Å². The molecule has 17 heavy (non-hydrogen) atoms. The minimum Gasteiger partial charge on any atom is -0.318 e. The summed E-state index contributed by atoms with van der Waals surface area (Å²) in [5, 5.41) is 2.90. The normalized spacial score (nSPS) is 19.1. The number of nitrogens with zero attached hydrogens (tertiary/aromatic N) is 1. The summed E-state index contributed by atoms with van der Waals surface area (Å²) in [5.41, 5.74) is 2.29. The minimum absolute atomic E-state index is 0.000934. The zero-order valence-corrected chi connectivity index (χ0v) is 10.9. The number of rotatable bonds is 1. The molecule has 1 aliphatic rings. The van der Waals surface area contributed by atoms with Crippen LogP contribution in [0.25, 0.3) is 0 Å². The number of carbonyl (C=O) groups is 1. The fraction of sp³-hybridized carbons (Fsp3) is 0.500. The predicted molar refractivity (Wildman–Crippen MR) is 70.3 cm³/mol. The van der Waals surface area contributed by atoms with Gasteiger partial charge in [0, 0.05) is 18.3 Å². The first-order valence-electron chi connectivity index (χ1n) is 6.06. The molecule has 3 nitrogen and oxygen atoms in total. The molecular formula is C14H20N2O. The van der Waals surface area contributed by atoms with E-state index in [0.717, 1.165) is 12.2 Å². The van der Waals surface area contributed by atoms with Gasteiger partial charge in [0.1, 0.15) is 0 Å². The van der Waals surface area contributed by atoms with Crippen molar-refractivity contribution in [3.05, 3.63) is 29.8 Å². The summed E-state index contributed by atoms with van der Waals surface area (Å²) in [4.78, 5) is 13.5. The molecule has 1 atom stereocenters. The van der Waals surface area contributed by atoms with Crippen LogP contribution in [0.2, 0.25) is 0 Å². The van der Waals surface area contributed by atoms with Gasteiger partial charge in [-0.1, -0.05) is 32.9 Å². The molecule has 1 aromatic rings. The van der Waals surface area contributed by atoms with Gasteiger partial charge in [0.15, 0.2) is 0 Å². The maximum Gasteiger partial charge on any atom is 0.322 e. The van der Waals surface area contributed by atoms with Gasteiger partial charge in [0.05, 0.1) is 0 Å². The molecule has 0 radical (unpaired) electrons. The van der Waals surface area contributed by atoms with E-state index < -0.39 is 0 Å². The highest BCUT2D eigenvalue weighted by molar-refractivity contribution is 5.91. The summed E-state index contributed by atoms with van der Waals surface area (Å²) in [7, 11) is 0. The van der Waals surface area contributed by atoms with E-state index in [1.165, 1.54) is 5.56 Å². The Balaban J connectivity index is 2.01. The van der Waals surface area contributed by atoms with E-state index in [2.05, 4.69) is 38.2 Å². The van der Waals surface area contributed by atoms with Crippen molar-refractivity contribution in [2.75, 3.05) is 11.9 Å². The molecule has 2 amide bonds. The number of carbonyl (C=O) groups excluding carboxylic acids is 1. The van der Waals surface area contributed by atoms with Crippen LogP contribution >= 0.6 is 0 Å². The monoisotopic (exact) mass is 232 g/mol. The molecule has 0 bridgehead atoms. The van der Waals surface area contributed by atoms with Crippen LogP contribution in [0.5, 0.6) is 0 Å². The van der Waals surface area contributed by atoms with E-state index >= 15 is 0 Å². The third-order valence-electron chi connectivity index (χ3n) is 3.12. The Kier molecular flexibility index (Phi) is 2.86. The SMILES string of the molecule is CC1CN1C(=O)Nc1ccc(C(C)(C)C)cc1. The lowest BCUT2D eigenvalue weighted by Crippen LogP contribution is -2.20. The maximum atomic E-state index is 11.7. The molecule has 2 rings (SSSR count). The van der Waals surface area contributed by atoms with Crippen molar-refractivity contribution < 1.29 is 4.79 Å². The second-order valence-electron chi connectivity index (χ2n) is 5.76. The molecular weight excluding hydrogens is 212 g/mol. The van der Waals surface area contributed by atoms with Crippen molar-refractivity contribution in [2.24, 2.45) is 0 Å². The molecule has 0 saturated carbocycles. The van der Waals surface area contributed by atoms with E-state index in [1.807, 2.05) is 19.1 Å². The Morgan fingerprint density at radius 2 is 1.82 bits per heavy atom. The Morgan fingerprint density at radius 3 is 2.24 bits per heavy atom. The standard InChI is InChI=1S/C14H20N2O/c1-10-9-16(10)13(17)15-12-7-5-11(6-8-12)14(2,3)4/h5-8,10H,9H2,1-4H3,(H,15,17). The molecule has 1 N–H and O–H groups in total. The molecule has 0 aromatic heterocycles. The predicted octanol–water partition coefficient (Wildman–Crippen LogP) is 3.22. The zero-order chi connectivity index (χ0) is 12.6. The van der Waals surface area contributed by atoms with Crippen LogP contribution in [-0.2, 0) is 5.41 Å². The summed E-state index contributed by atoms with van der Waals surface area (Å²) in [6.07, 6.45) is 0. The maximum absolute atomic E-state index is 11.7. The highest BCUT2D eigenvalue weighted by Gasteiger charge is 2.33. The number of benzene rings is 1. The minimum atomic E-state index is 0.000934. The van der Waals surface area contributed by atoms with Crippen molar-refractivity contribution in [1.82, 2.24) is 4.90 Å². The van der Waals surface area contributed by atoms with Gasteiger partial charge in [-0.3, -0.25) is 0 Å². The van der Waals surface area contributed by atoms with Gasteiger partial charge < -0.3 is 10.2 Å². The van der Waals surface area contributed by atoms with Crippen molar-refractivity contribution in [3.8, 4) is 0 Å². The van der Waals surface area contributed by atoms with Crippen molar-refractivity contribution in [3.63, 3.8) is 0 Å². The van der Waals surface area contributed by atoms with Crippen LogP contribution in [-0.4, -0.2) is 23.5 Å². The lowest BCUT2D eigenvalue weighted by molar-refractivity contribution is 0.240. The van der Waals surface area contributed by atoms with Gasteiger partial charge in [-0.25, -0.2) is 4.79 Å². The second-order valence-corrected chi connectivity index (χ2v) is 5.76. The van der Waals surface area contributed by atoms with Gasteiger partial charge in [-0.05, 0) is 30.0 Å². The Bertz CT molecular complexity index is 417. The van der Waals surface area contributed by atoms with Gasteiger partial charge in [0.2, 0.25) is 0 Å². The number of urea groups is 1. The second kappa shape index (κ2) is 4.06. The third kappa shape index (κ3) is 2.78. The molecule has 0 aliphatic carbocycles. The highest BCUT2D eigenvalue weighted by Crippen LogP contribution is 2.24. The number of hydrogen-bond acceptors (Lipinski definition) is 1. The Labute approximate surface area is 103 Å². The summed E-state index contributed by atoms with van der Waals surface area (Å²) < 4.78 is 0. The van der Waals surface area contributed by atoms with Crippen LogP contribution in [0.1, 0.15) is 33.3 Å². The molecule has 1 aliphatic heterocycles. The topological polar surface area (TPSA) is 32.1 Å². The van der Waals surface area contributed by atoms with Crippen LogP contribution in [0.3, 0.4) is 0 Å². The number of amides is 2. The summed E-state index contributed by atoms with van der Waals surface area (Å²) in [5.74, 6) is 0. The first kappa shape index (κ1) is 12.0. The summed E-state index contributed by atoms with van der Waals surface area (Å²) in [6, 6.07) is 8.46. The van der Waals surface area contributed by atoms with E-state index in [1.54, 1.807) is 4.90 Å². The van der Waals surface area contributed by atoms with Crippen molar-refractivity contribution >= 4 is 11.7 Å². The first-order valence-corrected chi connectivity index (χ1v) is 6.06. The fourth-order valence-electron chi connectivity index (χ4n) is 1.77. The van der Waals surface area contributed by atoms with E-state index in [0.29, 0.717) is 6.04 Å². The van der Waals surface area contributed by atoms with Gasteiger partial charge >= 0.3 is 6.03 Å². The van der Waals surface area contributed by atoms with E-state index in [4.69, 9.17) is 0 Å². The molecule has 3 heteroatoms. The van der Waals surface area contributed by atoms with Crippen LogP contribution < -0.4 is 5.32 Å². The lowest BCUT2D eigenvalue weighted by Gasteiger charge is -2.19. The fourth-order valence-corrected chi connectivity index (χ4v) is 1.77. The number of hydrogen-bond donors (Lipinski definition) is 1. The summed E-state index contributed by atoms with van der Waals surface area (Å²) >= 11 is 0. The van der Waals surface area contributed by atoms with Gasteiger partial charge in [0.25, 0.3) is 0 Å². The van der Waals surface area contributed by atoms with Crippen LogP contribution in [0.15, 0.2) is 24.3 Å². The molecule has 1 saturated heterocycles. The van der Waals surface area contributed by atoms with E-state index in [-0.39, 0.29) is 11.4 Å². The van der Waals surface area contributed by atoms with Gasteiger partial charge in [-0.15, -0.1) is 0 Å². The highest BCUT2D eigenvalue weighted by atomic mass is 16.2. The largest absolute Gasteiger partial charge is 0.322 e. The Morgan fingerprint density at radius 1 is 1.29 bits per heavy atom. The quantitative estimate of drug-likeness (QED) is 0.741. The summed E-state index contributed by atoms with van der Waals surface area (Å²) in [6.45, 7) is 9.45.